The Morgan fingerprint density at radius 1 is 0.344 bits per heavy atom. The van der Waals surface area contributed by atoms with Gasteiger partial charge in [0.1, 0.15) is 46.5 Å². The molecular formula is C108H106F8N4O2. The molecule has 8 aromatic carbocycles. The number of nitrogens with zero attached hydrogens (tertiary/aromatic N) is 4. The van der Waals surface area contributed by atoms with Crippen LogP contribution in [-0.2, 0) is 30.5 Å². The van der Waals surface area contributed by atoms with Gasteiger partial charge < -0.3 is 5.11 Å². The first kappa shape index (κ1) is 78.4. The van der Waals surface area contributed by atoms with Crippen LogP contribution in [0.4, 0.5) is 35.1 Å². The van der Waals surface area contributed by atoms with Crippen LogP contribution in [0.15, 0.2) is 192 Å². The topological polar surface area (TPSA) is 50.3 Å². The normalized spacial score (nSPS) is 32.4. The summed E-state index contributed by atoms with van der Waals surface area (Å²) in [6.45, 7) is 14.4. The minimum absolute atomic E-state index is 0.0534. The maximum Gasteiger partial charge on any atom is 0.328 e. The molecule has 8 atom stereocenters. The second-order valence-corrected chi connectivity index (χ2v) is 39.2. The summed E-state index contributed by atoms with van der Waals surface area (Å²) < 4.78 is 134. The molecule has 8 aromatic rings. The van der Waals surface area contributed by atoms with Crippen LogP contribution in [0.5, 0.6) is 0 Å². The number of allylic oxidation sites excluding steroid dienone is 3. The lowest BCUT2D eigenvalue weighted by Gasteiger charge is -2.70. The maximum absolute atomic E-state index is 15.6. The van der Waals surface area contributed by atoms with E-state index in [2.05, 4.69) is 120 Å². The fourth-order valence-corrected chi connectivity index (χ4v) is 26.6. The van der Waals surface area contributed by atoms with Crippen molar-refractivity contribution in [3.05, 3.63) is 328 Å². The molecule has 122 heavy (non-hydrogen) atoms. The lowest BCUT2D eigenvalue weighted by molar-refractivity contribution is -0.173. The first-order valence-corrected chi connectivity index (χ1v) is 44.9. The molecule has 0 radical (unpaired) electrons. The molecule has 0 unspecified atom stereocenters. The van der Waals surface area contributed by atoms with Crippen molar-refractivity contribution in [1.29, 1.82) is 0 Å². The van der Waals surface area contributed by atoms with Gasteiger partial charge in [0.25, 0.3) is 0 Å². The number of aliphatic carboxylic acids is 1. The summed E-state index contributed by atoms with van der Waals surface area (Å²) in [5.41, 5.74) is 22.0. The Hall–Kier alpha value is -9.57. The SMILES string of the molecule is C/C=C/c1cc(F)c([C@@H]2C3=C(C[C@@H](C)N2C24CC(C2)C4)c2ccccc2C3)c(F)c1.C/C=C/c1cc(F)c([C@H]2C3=C(C[C@@H](C)N2C24CC(C2)C4)c2ccccc2C3)c(F)c1.C[C@H]1CC2=C(Cc3ccccc32)[C@H](c2c(F)cc(/C=C/C(=O)O)cc2F)N1C12CC(C1)C2.[2H][C@@]1(c2c(F)cc(/C=C/C)cc2F)C2=C(C[C@@H](C)N1C13CC(C1)C3)c1ccccc1C2. The van der Waals surface area contributed by atoms with Crippen LogP contribution in [0.25, 0.3) is 46.6 Å². The van der Waals surface area contributed by atoms with Gasteiger partial charge in [-0.3, -0.25) is 19.6 Å². The molecule has 0 amide bonds. The third-order valence-electron chi connectivity index (χ3n) is 31.7. The number of benzene rings is 8. The molecule has 14 heteroatoms. The monoisotopic (exact) mass is 1640 g/mol. The summed E-state index contributed by atoms with van der Waals surface area (Å²) >= 11 is 0. The number of hydrogen-bond acceptors (Lipinski definition) is 5. The minimum Gasteiger partial charge on any atom is -0.478 e. The molecule has 28 rings (SSSR count). The molecular weight excluding hydrogens is 1540 g/mol. The van der Waals surface area contributed by atoms with Gasteiger partial charge in [-0.15, -0.1) is 0 Å². The van der Waals surface area contributed by atoms with Gasteiger partial charge in [-0.2, -0.15) is 0 Å². The average molecular weight is 1650 g/mol. The number of fused-ring (bicyclic) bond motifs is 8. The number of carboxylic acid groups (broad SMARTS) is 1. The van der Waals surface area contributed by atoms with Crippen LogP contribution in [-0.4, -0.2) is 77.0 Å². The molecule has 0 saturated heterocycles. The summed E-state index contributed by atoms with van der Waals surface area (Å²) in [6, 6.07) is 43.0. The van der Waals surface area contributed by atoms with E-state index in [4.69, 9.17) is 5.11 Å². The quantitative estimate of drug-likeness (QED) is 0.0917. The number of carbonyl (C=O) groups is 1. The average Bonchev–Trinajstić information content (AvgIpc) is 1.70. The molecule has 12 saturated carbocycles. The van der Waals surface area contributed by atoms with E-state index in [0.717, 1.165) is 136 Å². The Bertz CT molecular complexity index is 5720. The van der Waals surface area contributed by atoms with Crippen LogP contribution in [0.1, 0.15) is 266 Å². The van der Waals surface area contributed by atoms with Crippen LogP contribution in [0, 0.1) is 70.2 Å². The van der Waals surface area contributed by atoms with E-state index in [1.165, 1.54) is 160 Å². The van der Waals surface area contributed by atoms with E-state index in [9.17, 15) is 6.17 Å². The molecule has 6 nitrogen and oxygen atoms in total. The maximum atomic E-state index is 15.6. The Balaban J connectivity index is 0.000000101. The Morgan fingerprint density at radius 2 is 0.574 bits per heavy atom. The zero-order chi connectivity index (χ0) is 85.0. The molecule has 0 aromatic heterocycles. The molecule has 4 heterocycles. The molecule has 16 aliphatic carbocycles. The van der Waals surface area contributed by atoms with E-state index in [-0.39, 0.29) is 86.2 Å². The van der Waals surface area contributed by atoms with Crippen molar-refractivity contribution in [2.45, 2.75) is 247 Å². The minimum atomic E-state index is -1.53. The third kappa shape index (κ3) is 12.6. The third-order valence-corrected chi connectivity index (χ3v) is 31.7. The Kier molecular flexibility index (Phi) is 19.2. The molecule has 0 spiro atoms. The summed E-state index contributed by atoms with van der Waals surface area (Å²) in [5.74, 6) is -2.12. The number of carboxylic acids is 1. The van der Waals surface area contributed by atoms with Crippen molar-refractivity contribution < 1.29 is 46.4 Å². The molecule has 626 valence electrons. The Labute approximate surface area is 713 Å². The van der Waals surface area contributed by atoms with Crippen LogP contribution in [0.2, 0.25) is 0 Å². The molecule has 8 bridgehead atoms. The first-order chi connectivity index (χ1) is 59.2. The van der Waals surface area contributed by atoms with E-state index >= 15 is 35.1 Å². The van der Waals surface area contributed by atoms with Crippen LogP contribution >= 0.6 is 0 Å². The molecule has 12 fully saturated rings. The van der Waals surface area contributed by atoms with Crippen molar-refractivity contribution in [3.8, 4) is 0 Å². The highest BCUT2D eigenvalue weighted by Crippen LogP contribution is 2.71. The van der Waals surface area contributed by atoms with Gasteiger partial charge in [-0.1, -0.05) is 134 Å². The van der Waals surface area contributed by atoms with Crippen molar-refractivity contribution in [1.82, 2.24) is 19.6 Å². The van der Waals surface area contributed by atoms with Crippen LogP contribution < -0.4 is 0 Å². The van der Waals surface area contributed by atoms with E-state index < -0.39 is 64.6 Å². The second kappa shape index (κ2) is 29.8. The lowest BCUT2D eigenvalue weighted by Crippen LogP contribution is -2.71. The summed E-state index contributed by atoms with van der Waals surface area (Å²) in [4.78, 5) is 20.5. The first-order valence-electron chi connectivity index (χ1n) is 45.4. The molecule has 4 aliphatic heterocycles. The lowest BCUT2D eigenvalue weighted by atomic mass is 9.48. The van der Waals surface area contributed by atoms with Gasteiger partial charge in [0, 0.05) is 74.7 Å². The van der Waals surface area contributed by atoms with Crippen molar-refractivity contribution >= 4 is 52.6 Å². The predicted molar refractivity (Wildman–Crippen MR) is 469 cm³/mol. The number of halogens is 8. The predicted octanol–water partition coefficient (Wildman–Crippen LogP) is 25.8. The highest BCUT2D eigenvalue weighted by Gasteiger charge is 2.68. The van der Waals surface area contributed by atoms with Gasteiger partial charge in [0.05, 0.1) is 25.5 Å². The molecule has 1 N–H and O–H groups in total. The number of rotatable bonds is 13. The summed E-state index contributed by atoms with van der Waals surface area (Å²) in [5, 5.41) is 8.86. The fourth-order valence-electron chi connectivity index (χ4n) is 26.6. The fraction of sp³-hybridized carbons (Fsp3) is 0.398. The van der Waals surface area contributed by atoms with Gasteiger partial charge in [-0.05, 0) is 367 Å². The largest absolute Gasteiger partial charge is 0.478 e. The Morgan fingerprint density at radius 3 is 0.828 bits per heavy atom. The zero-order valence-corrected chi connectivity index (χ0v) is 70.6. The van der Waals surface area contributed by atoms with Gasteiger partial charge in [0.2, 0.25) is 0 Å². The van der Waals surface area contributed by atoms with Crippen LogP contribution in [0.3, 0.4) is 0 Å². The smallest absolute Gasteiger partial charge is 0.328 e. The second-order valence-electron chi connectivity index (χ2n) is 39.2. The zero-order valence-electron chi connectivity index (χ0n) is 71.6. The van der Waals surface area contributed by atoms with Crippen molar-refractivity contribution in [2.75, 3.05) is 0 Å². The summed E-state index contributed by atoms with van der Waals surface area (Å²) in [7, 11) is 0. The van der Waals surface area contributed by atoms with Gasteiger partial charge >= 0.3 is 5.97 Å². The van der Waals surface area contributed by atoms with Crippen molar-refractivity contribution in [2.24, 2.45) is 23.7 Å². The van der Waals surface area contributed by atoms with E-state index in [0.29, 0.717) is 23.1 Å². The highest BCUT2D eigenvalue weighted by molar-refractivity contribution is 5.86. The molecule has 20 aliphatic rings. The highest BCUT2D eigenvalue weighted by atomic mass is 19.2. The number of hydrogen-bond donors (Lipinski definition) is 1. The standard InChI is InChI=1S/C27H25F2NO2.3C27H27F2N/c1-15-8-20-19-5-3-2-4-18(19)11-21(20)26(30(15)27-12-17(13-27)14-27)25-22(28)9-16(10-23(25)29)6-7-24(31)32;3*1-3-6-17-10-23(28)25(24(29)11-17)26-22-12-19-7-4-5-8-20(19)21(22)9-16(2)30(26)27-13-18(14-27)15-27/h2-7,9-10,15,17,26H,8,11-14H2,1H3,(H,31,32);3*3-8,10-11,16,18,26H,9,12-15H2,1-2H3/b7-6+;3*6-3+/t15-,17?,26+,27?;2*16-,18?,26+,27?;16-,18?,26-,27?/m0111/s1/i;26D;;. The van der Waals surface area contributed by atoms with Gasteiger partial charge in [-0.25, -0.2) is 39.9 Å². The summed E-state index contributed by atoms with van der Waals surface area (Å²) in [6.07, 6.45) is 32.9. The van der Waals surface area contributed by atoms with Crippen molar-refractivity contribution in [3.63, 3.8) is 0 Å². The van der Waals surface area contributed by atoms with Gasteiger partial charge in [0.15, 0.2) is 0 Å². The van der Waals surface area contributed by atoms with E-state index in [1.807, 2.05) is 57.2 Å². The van der Waals surface area contributed by atoms with E-state index in [1.54, 1.807) is 24.3 Å².